The van der Waals surface area contributed by atoms with Crippen molar-refractivity contribution in [3.8, 4) is 5.75 Å². The fourth-order valence-electron chi connectivity index (χ4n) is 3.92. The van der Waals surface area contributed by atoms with Crippen LogP contribution in [0.4, 0.5) is 0 Å². The van der Waals surface area contributed by atoms with Crippen LogP contribution in [-0.4, -0.2) is 39.3 Å². The lowest BCUT2D eigenvalue weighted by Crippen LogP contribution is -2.46. The molecule has 0 amide bonds. The molecule has 29 heavy (non-hydrogen) atoms. The summed E-state index contributed by atoms with van der Waals surface area (Å²) in [6.07, 6.45) is 2.72. The van der Waals surface area contributed by atoms with Gasteiger partial charge < -0.3 is 19.0 Å². The molecule has 0 unspecified atom stereocenters. The molecular formula is C24H42O4Si. The third-order valence-corrected chi connectivity index (χ3v) is 11.0. The SMILES string of the molecule is C=CC[C@@H](O[Si](CC)(CC)CC)[C@H](C)[C@H](OCc1ccc(OC)cc1)[C@@H](C)CO. The molecule has 0 radical (unpaired) electrons. The molecule has 1 rings (SSSR count). The van der Waals surface area contributed by atoms with Gasteiger partial charge in [-0.2, -0.15) is 0 Å². The maximum Gasteiger partial charge on any atom is 0.192 e. The zero-order valence-corrected chi connectivity index (χ0v) is 20.3. The van der Waals surface area contributed by atoms with Gasteiger partial charge in [0.15, 0.2) is 8.32 Å². The minimum Gasteiger partial charge on any atom is -0.497 e. The zero-order chi connectivity index (χ0) is 21.9. The lowest BCUT2D eigenvalue weighted by Gasteiger charge is -2.39. The summed E-state index contributed by atoms with van der Waals surface area (Å²) in [6.45, 7) is 15.6. The van der Waals surface area contributed by atoms with Crippen molar-refractivity contribution in [2.24, 2.45) is 11.8 Å². The zero-order valence-electron chi connectivity index (χ0n) is 19.3. The van der Waals surface area contributed by atoms with Crippen molar-refractivity contribution < 1.29 is 19.0 Å². The first-order chi connectivity index (χ1) is 13.9. The van der Waals surface area contributed by atoms with Gasteiger partial charge in [0.25, 0.3) is 0 Å². The predicted octanol–water partition coefficient (Wildman–Crippen LogP) is 5.81. The maximum atomic E-state index is 9.85. The van der Waals surface area contributed by atoms with Crippen LogP contribution in [0.1, 0.15) is 46.6 Å². The van der Waals surface area contributed by atoms with Crippen molar-refractivity contribution in [2.75, 3.05) is 13.7 Å². The van der Waals surface area contributed by atoms with E-state index in [-0.39, 0.29) is 30.7 Å². The van der Waals surface area contributed by atoms with Crippen molar-refractivity contribution in [3.63, 3.8) is 0 Å². The second kappa shape index (κ2) is 13.2. The molecule has 4 atom stereocenters. The van der Waals surface area contributed by atoms with E-state index in [0.717, 1.165) is 35.9 Å². The molecule has 0 bridgehead atoms. The first-order valence-electron chi connectivity index (χ1n) is 11.0. The van der Waals surface area contributed by atoms with Crippen LogP contribution >= 0.6 is 0 Å². The second-order valence-corrected chi connectivity index (χ2v) is 12.8. The smallest absolute Gasteiger partial charge is 0.192 e. The molecule has 4 nitrogen and oxygen atoms in total. The summed E-state index contributed by atoms with van der Waals surface area (Å²) >= 11 is 0. The van der Waals surface area contributed by atoms with E-state index in [9.17, 15) is 5.11 Å². The molecular weight excluding hydrogens is 380 g/mol. The molecule has 0 spiro atoms. The standard InChI is InChI=1S/C24H42O4Si/c1-8-12-23(28-29(9-2,10-3)11-4)20(6)24(19(5)17-25)27-18-21-13-15-22(26-7)16-14-21/h8,13-16,19-20,23-25H,1,9-12,17-18H2,2-7H3/t19-,20-,23+,24+/m0/s1. The Kier molecular flexibility index (Phi) is 11.8. The number of aliphatic hydroxyl groups excluding tert-OH is 1. The summed E-state index contributed by atoms with van der Waals surface area (Å²) in [7, 11) is -0.0837. The highest BCUT2D eigenvalue weighted by molar-refractivity contribution is 6.73. The molecule has 166 valence electrons. The van der Waals surface area contributed by atoms with E-state index in [0.29, 0.717) is 6.61 Å². The lowest BCUT2D eigenvalue weighted by atomic mass is 9.88. The molecule has 0 saturated carbocycles. The van der Waals surface area contributed by atoms with Gasteiger partial charge in [-0.25, -0.2) is 0 Å². The Morgan fingerprint density at radius 2 is 1.66 bits per heavy atom. The average Bonchev–Trinajstić information content (AvgIpc) is 2.77. The van der Waals surface area contributed by atoms with E-state index in [1.165, 1.54) is 0 Å². The molecule has 0 aliphatic rings. The number of rotatable bonds is 15. The average molecular weight is 423 g/mol. The van der Waals surface area contributed by atoms with Gasteiger partial charge in [0.1, 0.15) is 5.75 Å². The predicted molar refractivity (Wildman–Crippen MR) is 124 cm³/mol. The summed E-state index contributed by atoms with van der Waals surface area (Å²) in [6, 6.07) is 11.3. The van der Waals surface area contributed by atoms with Gasteiger partial charge in [-0.1, -0.05) is 52.8 Å². The number of hydrogen-bond donors (Lipinski definition) is 1. The van der Waals surface area contributed by atoms with Gasteiger partial charge >= 0.3 is 0 Å². The minimum absolute atomic E-state index is 0.0279. The first-order valence-corrected chi connectivity index (χ1v) is 13.6. The number of hydrogen-bond acceptors (Lipinski definition) is 4. The number of methoxy groups -OCH3 is 1. The molecule has 0 saturated heterocycles. The van der Waals surface area contributed by atoms with Crippen LogP contribution in [0.15, 0.2) is 36.9 Å². The van der Waals surface area contributed by atoms with Crippen LogP contribution < -0.4 is 4.74 Å². The second-order valence-electron chi connectivity index (χ2n) is 8.07. The van der Waals surface area contributed by atoms with Gasteiger partial charge in [-0.05, 0) is 42.2 Å². The quantitative estimate of drug-likeness (QED) is 0.286. The molecule has 1 N–H and O–H groups in total. The van der Waals surface area contributed by atoms with Crippen LogP contribution in [0, 0.1) is 11.8 Å². The Bertz CT molecular complexity index is 562. The van der Waals surface area contributed by atoms with Crippen LogP contribution in [0.5, 0.6) is 5.75 Å². The Hall–Kier alpha value is -1.14. The Morgan fingerprint density at radius 3 is 2.10 bits per heavy atom. The number of ether oxygens (including phenoxy) is 2. The monoisotopic (exact) mass is 422 g/mol. The largest absolute Gasteiger partial charge is 0.497 e. The molecule has 0 aliphatic carbocycles. The van der Waals surface area contributed by atoms with Crippen LogP contribution in [0.3, 0.4) is 0 Å². The van der Waals surface area contributed by atoms with Gasteiger partial charge in [0.2, 0.25) is 0 Å². The van der Waals surface area contributed by atoms with E-state index in [2.05, 4.69) is 34.3 Å². The van der Waals surface area contributed by atoms with Crippen molar-refractivity contribution in [1.29, 1.82) is 0 Å². The molecule has 5 heteroatoms. The Labute approximate surface area is 179 Å². The molecule has 0 aromatic heterocycles. The van der Waals surface area contributed by atoms with Gasteiger partial charge in [-0.3, -0.25) is 0 Å². The summed E-state index contributed by atoms with van der Waals surface area (Å²) in [5, 5.41) is 9.85. The molecule has 0 fully saturated rings. The van der Waals surface area contributed by atoms with Crippen molar-refractivity contribution in [1.82, 2.24) is 0 Å². The van der Waals surface area contributed by atoms with E-state index >= 15 is 0 Å². The highest BCUT2D eigenvalue weighted by atomic mass is 28.4. The topological polar surface area (TPSA) is 47.9 Å². The van der Waals surface area contributed by atoms with Gasteiger partial charge in [0.05, 0.1) is 25.9 Å². The van der Waals surface area contributed by atoms with E-state index in [1.807, 2.05) is 37.3 Å². The fraction of sp³-hybridized carbons (Fsp3) is 0.667. The summed E-state index contributed by atoms with van der Waals surface area (Å²) in [5.74, 6) is 1.02. The van der Waals surface area contributed by atoms with Gasteiger partial charge in [-0.15, -0.1) is 6.58 Å². The normalized spacial score (nSPS) is 16.1. The third kappa shape index (κ3) is 7.56. The highest BCUT2D eigenvalue weighted by Gasteiger charge is 2.37. The summed E-state index contributed by atoms with van der Waals surface area (Å²) in [5.41, 5.74) is 1.09. The van der Waals surface area contributed by atoms with E-state index in [4.69, 9.17) is 13.9 Å². The fourth-order valence-corrected chi connectivity index (χ4v) is 6.87. The Morgan fingerprint density at radius 1 is 1.07 bits per heavy atom. The summed E-state index contributed by atoms with van der Waals surface area (Å²) < 4.78 is 18.4. The third-order valence-electron chi connectivity index (χ3n) is 6.29. The van der Waals surface area contributed by atoms with E-state index in [1.54, 1.807) is 7.11 Å². The minimum atomic E-state index is -1.75. The highest BCUT2D eigenvalue weighted by Crippen LogP contribution is 2.31. The summed E-state index contributed by atoms with van der Waals surface area (Å²) in [4.78, 5) is 0. The molecule has 1 aromatic carbocycles. The maximum absolute atomic E-state index is 9.85. The van der Waals surface area contributed by atoms with Crippen LogP contribution in [0.25, 0.3) is 0 Å². The molecule has 1 aromatic rings. The number of benzene rings is 1. The van der Waals surface area contributed by atoms with Crippen molar-refractivity contribution in [3.05, 3.63) is 42.5 Å². The molecule has 0 heterocycles. The van der Waals surface area contributed by atoms with Gasteiger partial charge in [0, 0.05) is 18.4 Å². The first kappa shape index (κ1) is 25.9. The number of aliphatic hydroxyl groups is 1. The Balaban J connectivity index is 2.97. The van der Waals surface area contributed by atoms with Crippen LogP contribution in [0.2, 0.25) is 18.1 Å². The molecule has 0 aliphatic heterocycles. The van der Waals surface area contributed by atoms with Crippen LogP contribution in [-0.2, 0) is 15.8 Å². The van der Waals surface area contributed by atoms with E-state index < -0.39 is 8.32 Å². The lowest BCUT2D eigenvalue weighted by molar-refractivity contribution is -0.0705. The van der Waals surface area contributed by atoms with Crippen molar-refractivity contribution >= 4 is 8.32 Å². The van der Waals surface area contributed by atoms with Crippen molar-refractivity contribution in [2.45, 2.75) is 78.0 Å².